The summed E-state index contributed by atoms with van der Waals surface area (Å²) in [6.45, 7) is 5.69. The van der Waals surface area contributed by atoms with Crippen molar-refractivity contribution in [2.24, 2.45) is 40.4 Å². The number of nitrogens with zero attached hydrogens (tertiary/aromatic N) is 1. The number of aliphatic hydroxyl groups excluding tert-OH is 1. The molecule has 12 atom stereocenters. The monoisotopic (exact) mass is 449 g/mol. The van der Waals surface area contributed by atoms with Gasteiger partial charge in [-0.2, -0.15) is 0 Å². The lowest BCUT2D eigenvalue weighted by Crippen LogP contribution is -2.76. The summed E-state index contributed by atoms with van der Waals surface area (Å²) in [5, 5.41) is 23.3. The first-order valence-corrected chi connectivity index (χ1v) is 12.6. The number of ether oxygens (including phenoxy) is 3. The van der Waals surface area contributed by atoms with Crippen LogP contribution in [-0.2, 0) is 19.0 Å². The first-order chi connectivity index (χ1) is 15.3. The van der Waals surface area contributed by atoms with Crippen molar-refractivity contribution >= 4 is 5.97 Å². The fourth-order valence-corrected chi connectivity index (χ4v) is 10.7. The van der Waals surface area contributed by atoms with Gasteiger partial charge in [0.15, 0.2) is 0 Å². The van der Waals surface area contributed by atoms with E-state index in [4.69, 9.17) is 14.2 Å². The molecule has 0 aromatic rings. The molecule has 180 valence electrons. The summed E-state index contributed by atoms with van der Waals surface area (Å²) in [4.78, 5) is 14.7. The van der Waals surface area contributed by atoms with Gasteiger partial charge in [-0.25, -0.2) is 0 Å². The molecular formula is C25H39NO6. The fraction of sp³-hybridized carbons (Fsp3) is 0.960. The van der Waals surface area contributed by atoms with E-state index >= 15 is 0 Å². The van der Waals surface area contributed by atoms with Crippen LogP contribution in [0, 0.1) is 40.4 Å². The molecule has 1 spiro atoms. The summed E-state index contributed by atoms with van der Waals surface area (Å²) in [5.74, 6) is 0.342. The zero-order chi connectivity index (χ0) is 22.6. The van der Waals surface area contributed by atoms with Crippen LogP contribution in [0.2, 0.25) is 0 Å². The Balaban J connectivity index is 1.58. The third kappa shape index (κ3) is 2.24. The number of piperidine rings is 1. The maximum absolute atomic E-state index is 12.6. The number of aliphatic hydroxyl groups is 2. The molecule has 6 fully saturated rings. The van der Waals surface area contributed by atoms with Gasteiger partial charge in [-0.15, -0.1) is 0 Å². The lowest BCUT2D eigenvalue weighted by atomic mass is 9.43. The minimum atomic E-state index is -0.928. The molecule has 7 heteroatoms. The first kappa shape index (κ1) is 21.8. The molecule has 0 radical (unpaired) electrons. The zero-order valence-electron chi connectivity index (χ0n) is 19.8. The molecule has 7 bridgehead atoms. The van der Waals surface area contributed by atoms with Gasteiger partial charge in [0.25, 0.3) is 0 Å². The zero-order valence-corrected chi connectivity index (χ0v) is 19.8. The highest BCUT2D eigenvalue weighted by atomic mass is 16.5. The van der Waals surface area contributed by atoms with Gasteiger partial charge in [0, 0.05) is 68.7 Å². The highest BCUT2D eigenvalue weighted by molar-refractivity contribution is 5.66. The molecule has 0 aromatic carbocycles. The predicted octanol–water partition coefficient (Wildman–Crippen LogP) is 1.45. The summed E-state index contributed by atoms with van der Waals surface area (Å²) in [5.41, 5.74) is -1.19. The number of esters is 1. The van der Waals surface area contributed by atoms with Gasteiger partial charge in [-0.3, -0.25) is 9.69 Å². The van der Waals surface area contributed by atoms with Gasteiger partial charge < -0.3 is 24.4 Å². The van der Waals surface area contributed by atoms with E-state index in [0.29, 0.717) is 12.3 Å². The van der Waals surface area contributed by atoms with Crippen molar-refractivity contribution < 1.29 is 29.2 Å². The third-order valence-electron chi connectivity index (χ3n) is 11.3. The van der Waals surface area contributed by atoms with Gasteiger partial charge in [0.1, 0.15) is 6.10 Å². The molecule has 1 aliphatic heterocycles. The fourth-order valence-electron chi connectivity index (χ4n) is 10.7. The van der Waals surface area contributed by atoms with Crippen LogP contribution in [0.1, 0.15) is 46.0 Å². The summed E-state index contributed by atoms with van der Waals surface area (Å²) < 4.78 is 18.2. The largest absolute Gasteiger partial charge is 0.462 e. The molecule has 0 amide bonds. The molecule has 12 unspecified atom stereocenters. The van der Waals surface area contributed by atoms with E-state index in [2.05, 4.69) is 11.8 Å². The number of rotatable bonds is 5. The van der Waals surface area contributed by atoms with Crippen molar-refractivity contribution in [3.63, 3.8) is 0 Å². The van der Waals surface area contributed by atoms with Crippen LogP contribution in [0.25, 0.3) is 0 Å². The second-order valence-corrected chi connectivity index (χ2v) is 11.8. The van der Waals surface area contributed by atoms with Gasteiger partial charge >= 0.3 is 5.97 Å². The smallest absolute Gasteiger partial charge is 0.302 e. The van der Waals surface area contributed by atoms with Crippen LogP contribution in [0.4, 0.5) is 0 Å². The number of carbonyl (C=O) groups is 1. The third-order valence-corrected chi connectivity index (χ3v) is 11.3. The molecule has 1 heterocycles. The molecule has 2 N–H and O–H groups in total. The number of hydrogen-bond acceptors (Lipinski definition) is 7. The second-order valence-electron chi connectivity index (χ2n) is 11.8. The Labute approximate surface area is 190 Å². The molecular weight excluding hydrogens is 410 g/mol. The van der Waals surface area contributed by atoms with Crippen molar-refractivity contribution in [1.29, 1.82) is 0 Å². The number of fused-ring (bicyclic) bond motifs is 2. The average molecular weight is 450 g/mol. The van der Waals surface area contributed by atoms with Crippen LogP contribution in [0.3, 0.4) is 0 Å². The standard InChI is InChI=1S/C25H39NO6/c1-5-26-11-23(12-27)7-6-19(31-4)25-15-8-14-17(30-3)10-24(29,16(22(25)26)9-18(23)25)20(15)21(14)32-13(2)28/h14-22,27,29H,5-12H2,1-4H3. The van der Waals surface area contributed by atoms with Crippen LogP contribution >= 0.6 is 0 Å². The summed E-state index contributed by atoms with van der Waals surface area (Å²) >= 11 is 0. The van der Waals surface area contributed by atoms with Crippen molar-refractivity contribution in [3.8, 4) is 0 Å². The van der Waals surface area contributed by atoms with E-state index in [1.807, 2.05) is 7.11 Å². The van der Waals surface area contributed by atoms with E-state index in [-0.39, 0.29) is 71.4 Å². The lowest BCUT2D eigenvalue weighted by Gasteiger charge is -2.69. The summed E-state index contributed by atoms with van der Waals surface area (Å²) in [7, 11) is 3.57. The molecule has 7 nitrogen and oxygen atoms in total. The highest BCUT2D eigenvalue weighted by Crippen LogP contribution is 2.79. The summed E-state index contributed by atoms with van der Waals surface area (Å²) in [6.07, 6.45) is 4.02. The van der Waals surface area contributed by atoms with Gasteiger partial charge in [0.2, 0.25) is 0 Å². The molecule has 5 aliphatic carbocycles. The molecule has 1 saturated heterocycles. The Morgan fingerprint density at radius 1 is 1.19 bits per heavy atom. The quantitative estimate of drug-likeness (QED) is 0.614. The van der Waals surface area contributed by atoms with Crippen molar-refractivity contribution in [2.45, 2.75) is 75.9 Å². The van der Waals surface area contributed by atoms with E-state index in [9.17, 15) is 15.0 Å². The van der Waals surface area contributed by atoms with E-state index in [1.165, 1.54) is 6.92 Å². The number of carbonyl (C=O) groups excluding carboxylic acids is 1. The average Bonchev–Trinajstić information content (AvgIpc) is 3.21. The van der Waals surface area contributed by atoms with E-state index in [1.54, 1.807) is 7.11 Å². The molecule has 5 saturated carbocycles. The first-order valence-electron chi connectivity index (χ1n) is 12.6. The van der Waals surface area contributed by atoms with Crippen molar-refractivity contribution in [2.75, 3.05) is 33.9 Å². The van der Waals surface area contributed by atoms with Crippen LogP contribution < -0.4 is 0 Å². The summed E-state index contributed by atoms with van der Waals surface area (Å²) in [6, 6.07) is 0.237. The Bertz CT molecular complexity index is 807. The van der Waals surface area contributed by atoms with Crippen LogP contribution in [0.5, 0.6) is 0 Å². The number of likely N-dealkylation sites (tertiary alicyclic amines) is 1. The normalized spacial score (nSPS) is 57.5. The Morgan fingerprint density at radius 3 is 2.59 bits per heavy atom. The maximum Gasteiger partial charge on any atom is 0.302 e. The van der Waals surface area contributed by atoms with Crippen LogP contribution in [0.15, 0.2) is 0 Å². The Kier molecular flexibility index (Phi) is 4.70. The van der Waals surface area contributed by atoms with E-state index in [0.717, 1.165) is 38.8 Å². The lowest BCUT2D eigenvalue weighted by molar-refractivity contribution is -0.276. The van der Waals surface area contributed by atoms with Gasteiger partial charge in [-0.1, -0.05) is 6.92 Å². The second kappa shape index (κ2) is 6.91. The van der Waals surface area contributed by atoms with Gasteiger partial charge in [0.05, 0.1) is 24.4 Å². The molecule has 6 aliphatic rings. The Morgan fingerprint density at radius 2 is 1.97 bits per heavy atom. The maximum atomic E-state index is 12.6. The molecule has 6 rings (SSSR count). The van der Waals surface area contributed by atoms with Gasteiger partial charge in [-0.05, 0) is 44.1 Å². The highest BCUT2D eigenvalue weighted by Gasteiger charge is 2.84. The topological polar surface area (TPSA) is 88.5 Å². The number of methoxy groups -OCH3 is 2. The van der Waals surface area contributed by atoms with Crippen LogP contribution in [-0.4, -0.2) is 85.0 Å². The van der Waals surface area contributed by atoms with E-state index < -0.39 is 5.60 Å². The van der Waals surface area contributed by atoms with Crippen molar-refractivity contribution in [3.05, 3.63) is 0 Å². The Hall–Kier alpha value is -0.730. The molecule has 32 heavy (non-hydrogen) atoms. The molecule has 0 aromatic heterocycles. The SMILES string of the molecule is CCN1CC2(CO)CCC(OC)C34C5CC6C(OC)CC(O)(C(CC23)C14)C5C6OC(C)=O. The predicted molar refractivity (Wildman–Crippen MR) is 116 cm³/mol. The number of hydrogen-bond donors (Lipinski definition) is 2. The van der Waals surface area contributed by atoms with Crippen molar-refractivity contribution in [1.82, 2.24) is 4.90 Å². The minimum Gasteiger partial charge on any atom is -0.462 e. The minimum absolute atomic E-state index is 0.0765.